The summed E-state index contributed by atoms with van der Waals surface area (Å²) in [5, 5.41) is 0. The van der Waals surface area contributed by atoms with Crippen LogP contribution < -0.4 is 9.80 Å². The van der Waals surface area contributed by atoms with Crippen molar-refractivity contribution in [2.24, 2.45) is 0 Å². The number of fused-ring (bicyclic) bond motifs is 2. The van der Waals surface area contributed by atoms with E-state index >= 15 is 0 Å². The third-order valence-electron chi connectivity index (χ3n) is 9.27. The number of amides is 4. The van der Waals surface area contributed by atoms with Crippen LogP contribution in [0.15, 0.2) is 58.3 Å². The van der Waals surface area contributed by atoms with Crippen molar-refractivity contribution < 1.29 is 19.2 Å². The number of benzene rings is 2. The number of carbonyl (C=O) groups excluding carboxylic acids is 4. The van der Waals surface area contributed by atoms with E-state index < -0.39 is 0 Å². The quantitative estimate of drug-likeness (QED) is 0.132. The van der Waals surface area contributed by atoms with Gasteiger partial charge < -0.3 is 9.80 Å². The van der Waals surface area contributed by atoms with Crippen LogP contribution in [0.25, 0.3) is 0 Å². The number of thioether (sulfide) groups is 2. The summed E-state index contributed by atoms with van der Waals surface area (Å²) in [5.41, 5.74) is 4.52. The summed E-state index contributed by atoms with van der Waals surface area (Å²) in [5.74, 6) is -0.202. The van der Waals surface area contributed by atoms with Crippen LogP contribution in [0.5, 0.6) is 0 Å². The van der Waals surface area contributed by atoms with Crippen molar-refractivity contribution in [2.75, 3.05) is 36.0 Å². The summed E-state index contributed by atoms with van der Waals surface area (Å²) >= 11 is 13.4. The molecule has 0 bridgehead atoms. The largest absolute Gasteiger partial charge is 0.312 e. The van der Waals surface area contributed by atoms with Gasteiger partial charge in [-0.1, -0.05) is 97.2 Å². The average Bonchev–Trinajstić information content (AvgIpc) is 3.55. The van der Waals surface area contributed by atoms with Gasteiger partial charge in [-0.3, -0.25) is 29.0 Å². The van der Waals surface area contributed by atoms with E-state index in [2.05, 4.69) is 12.1 Å². The minimum Gasteiger partial charge on any atom is -0.312 e. The first-order chi connectivity index (χ1) is 23.3. The van der Waals surface area contributed by atoms with E-state index in [4.69, 9.17) is 24.4 Å². The third-order valence-corrected chi connectivity index (χ3v) is 12.3. The fourth-order valence-corrected chi connectivity index (χ4v) is 9.53. The van der Waals surface area contributed by atoms with Crippen molar-refractivity contribution in [3.05, 3.63) is 69.5 Å². The van der Waals surface area contributed by atoms with Crippen LogP contribution in [0.3, 0.4) is 0 Å². The Morgan fingerprint density at radius 2 is 1.02 bits per heavy atom. The lowest BCUT2D eigenvalue weighted by atomic mass is 10.0. The third kappa shape index (κ3) is 7.72. The first-order valence-electron chi connectivity index (χ1n) is 16.9. The maximum atomic E-state index is 13.4. The van der Waals surface area contributed by atoms with Gasteiger partial charge in [-0.05, 0) is 74.6 Å². The number of unbranched alkanes of at least 4 members (excludes halogenated alkanes) is 4. The molecule has 0 saturated carbocycles. The summed E-state index contributed by atoms with van der Waals surface area (Å²) in [4.78, 5) is 60.3. The van der Waals surface area contributed by atoms with Gasteiger partial charge in [-0.15, -0.1) is 0 Å². The van der Waals surface area contributed by atoms with Crippen molar-refractivity contribution in [1.82, 2.24) is 9.80 Å². The number of hydrogen-bond acceptors (Lipinski definition) is 8. The van der Waals surface area contributed by atoms with E-state index in [-0.39, 0.29) is 23.6 Å². The van der Waals surface area contributed by atoms with Crippen molar-refractivity contribution in [3.8, 4) is 0 Å². The first-order valence-corrected chi connectivity index (χ1v) is 19.4. The number of aryl methyl sites for hydroxylation is 2. The van der Waals surface area contributed by atoms with E-state index in [1.54, 1.807) is 9.80 Å². The summed E-state index contributed by atoms with van der Waals surface area (Å²) in [6, 6.07) is 16.2. The second kappa shape index (κ2) is 16.1. The molecule has 0 atom stereocenters. The van der Waals surface area contributed by atoms with Crippen LogP contribution >= 0.6 is 48.0 Å². The van der Waals surface area contributed by atoms with Gasteiger partial charge in [-0.25, -0.2) is 0 Å². The Bertz CT molecular complexity index is 1540. The molecule has 12 heteroatoms. The zero-order valence-electron chi connectivity index (χ0n) is 27.0. The SMILES string of the molecule is O=C1/C(=C2\SC(=S)N(CCCCCC(=O)N3CCCc4ccccc43)C2=O)SC(=S)N1CCCCCC(=O)N1CCCc2ccccc21. The molecule has 2 aromatic rings. The highest BCUT2D eigenvalue weighted by Gasteiger charge is 2.41. The fraction of sp³-hybridized carbons (Fsp3) is 0.444. The molecular weight excluding hydrogens is 681 g/mol. The summed E-state index contributed by atoms with van der Waals surface area (Å²) in [7, 11) is 0. The Hall–Kier alpha value is -3.06. The molecule has 4 aliphatic heterocycles. The zero-order chi connectivity index (χ0) is 33.6. The molecule has 0 aliphatic carbocycles. The molecule has 0 radical (unpaired) electrons. The molecule has 2 aromatic carbocycles. The highest BCUT2D eigenvalue weighted by molar-refractivity contribution is 8.29. The van der Waals surface area contributed by atoms with Gasteiger partial charge in [0.1, 0.15) is 8.64 Å². The standard InChI is InChI=1S/C36H40N4O4S4/c41-29(37-23-11-15-25-13-5-7-17-27(25)37)19-3-1-9-21-39-33(43)31(47-35(39)45)32-34(44)40(36(46)48-32)22-10-2-4-20-30(42)38-24-12-16-26-14-6-8-18-28(26)38/h5-8,13-14,17-18H,1-4,9-12,15-16,19-24H2/b32-31+. The molecule has 2 saturated heterocycles. The molecule has 6 rings (SSSR count). The van der Waals surface area contributed by atoms with Gasteiger partial charge in [-0.2, -0.15) is 0 Å². The highest BCUT2D eigenvalue weighted by Crippen LogP contribution is 2.42. The molecule has 0 N–H and O–H groups in total. The lowest BCUT2D eigenvalue weighted by Crippen LogP contribution is -2.35. The van der Waals surface area contributed by atoms with Gasteiger partial charge >= 0.3 is 0 Å². The number of para-hydroxylation sites is 2. The molecule has 0 unspecified atom stereocenters. The summed E-state index contributed by atoms with van der Waals surface area (Å²) in [6.07, 6.45) is 9.43. The number of thiocarbonyl (C=S) groups is 2. The van der Waals surface area contributed by atoms with Crippen molar-refractivity contribution in [1.29, 1.82) is 0 Å². The van der Waals surface area contributed by atoms with Crippen LogP contribution in [0.4, 0.5) is 11.4 Å². The number of anilines is 2. The van der Waals surface area contributed by atoms with Gasteiger partial charge in [0.25, 0.3) is 11.8 Å². The van der Waals surface area contributed by atoms with Gasteiger partial charge in [0.05, 0.1) is 9.81 Å². The highest BCUT2D eigenvalue weighted by atomic mass is 32.2. The molecule has 2 fully saturated rings. The number of carbonyl (C=O) groups is 4. The minimum absolute atomic E-state index is 0.145. The molecule has 4 amide bonds. The maximum Gasteiger partial charge on any atom is 0.267 e. The molecular formula is C36H40N4O4S4. The lowest BCUT2D eigenvalue weighted by molar-refractivity contribution is -0.124. The molecule has 4 aliphatic rings. The van der Waals surface area contributed by atoms with Gasteiger partial charge in [0, 0.05) is 50.4 Å². The van der Waals surface area contributed by atoms with Crippen LogP contribution in [0.2, 0.25) is 0 Å². The molecule has 4 heterocycles. The molecule has 0 spiro atoms. The topological polar surface area (TPSA) is 81.2 Å². The number of hydrogen-bond donors (Lipinski definition) is 0. The molecule has 48 heavy (non-hydrogen) atoms. The van der Waals surface area contributed by atoms with Crippen LogP contribution in [0, 0.1) is 0 Å². The van der Waals surface area contributed by atoms with Crippen molar-refractivity contribution in [2.45, 2.75) is 77.0 Å². The van der Waals surface area contributed by atoms with E-state index in [0.29, 0.717) is 44.4 Å². The average molecular weight is 721 g/mol. The summed E-state index contributed by atoms with van der Waals surface area (Å²) < 4.78 is 0.893. The number of rotatable bonds is 12. The van der Waals surface area contributed by atoms with Crippen molar-refractivity contribution in [3.63, 3.8) is 0 Å². The normalized spacial score (nSPS) is 19.3. The predicted molar refractivity (Wildman–Crippen MR) is 202 cm³/mol. The van der Waals surface area contributed by atoms with Crippen molar-refractivity contribution >= 4 is 91.6 Å². The Morgan fingerprint density at radius 1 is 0.604 bits per heavy atom. The minimum atomic E-state index is -0.246. The number of nitrogens with zero attached hydrogens (tertiary/aromatic N) is 4. The van der Waals surface area contributed by atoms with Gasteiger partial charge in [0.2, 0.25) is 11.8 Å². The van der Waals surface area contributed by atoms with Crippen LogP contribution in [-0.2, 0) is 32.0 Å². The van der Waals surface area contributed by atoms with E-state index in [0.717, 1.165) is 88.7 Å². The van der Waals surface area contributed by atoms with Crippen LogP contribution in [0.1, 0.15) is 75.3 Å². The van der Waals surface area contributed by atoms with E-state index in [9.17, 15) is 19.2 Å². The second-order valence-electron chi connectivity index (χ2n) is 12.5. The molecule has 8 nitrogen and oxygen atoms in total. The van der Waals surface area contributed by atoms with Crippen LogP contribution in [-0.4, -0.2) is 68.2 Å². The predicted octanol–water partition coefficient (Wildman–Crippen LogP) is 7.00. The Kier molecular flexibility index (Phi) is 11.7. The van der Waals surface area contributed by atoms with Gasteiger partial charge in [0.15, 0.2) is 0 Å². The maximum absolute atomic E-state index is 13.4. The smallest absolute Gasteiger partial charge is 0.267 e. The van der Waals surface area contributed by atoms with E-state index in [1.165, 1.54) is 34.7 Å². The Labute approximate surface area is 301 Å². The molecule has 0 aromatic heterocycles. The summed E-state index contributed by atoms with van der Waals surface area (Å²) in [6.45, 7) is 2.43. The second-order valence-corrected chi connectivity index (χ2v) is 15.8. The molecule has 252 valence electrons. The van der Waals surface area contributed by atoms with E-state index in [1.807, 2.05) is 46.2 Å². The Balaban J connectivity index is 0.927. The first kappa shape index (κ1) is 34.8. The Morgan fingerprint density at radius 3 is 1.46 bits per heavy atom. The zero-order valence-corrected chi connectivity index (χ0v) is 30.3. The lowest BCUT2D eigenvalue weighted by Gasteiger charge is -2.29. The monoisotopic (exact) mass is 720 g/mol. The fourth-order valence-electron chi connectivity index (χ4n) is 6.76.